The van der Waals surface area contributed by atoms with Crippen molar-refractivity contribution in [1.82, 2.24) is 9.13 Å². The van der Waals surface area contributed by atoms with Crippen molar-refractivity contribution >= 4 is 5.71 Å². The van der Waals surface area contributed by atoms with Crippen LogP contribution in [0.3, 0.4) is 0 Å². The van der Waals surface area contributed by atoms with Gasteiger partial charge in [-0.15, -0.1) is 0 Å². The summed E-state index contributed by atoms with van der Waals surface area (Å²) in [6, 6.07) is 0. The Labute approximate surface area is 87.4 Å². The van der Waals surface area contributed by atoms with E-state index in [-0.39, 0.29) is 11.6 Å². The lowest BCUT2D eigenvalue weighted by Gasteiger charge is -2.00. The molecule has 0 aliphatic carbocycles. The van der Waals surface area contributed by atoms with Crippen LogP contribution in [0.2, 0.25) is 0 Å². The second-order valence-electron chi connectivity index (χ2n) is 3.12. The molecule has 0 fully saturated rings. The number of nitrogens with zero attached hydrogens (tertiary/aromatic N) is 3. The lowest BCUT2D eigenvalue weighted by atomic mass is 10.3. The van der Waals surface area contributed by atoms with Crippen molar-refractivity contribution in [3.63, 3.8) is 0 Å². The first-order valence-electron chi connectivity index (χ1n) is 4.61. The minimum absolute atomic E-state index is 0.0803. The van der Waals surface area contributed by atoms with Gasteiger partial charge in [0.25, 0.3) is 0 Å². The molecular weight excluding hydrogens is 198 g/mol. The SMILES string of the molecule is CCn1c(O)c(C(C)=NOC)n(C)c1=O. The molecule has 0 amide bonds. The molecule has 84 valence electrons. The first-order valence-corrected chi connectivity index (χ1v) is 4.61. The van der Waals surface area contributed by atoms with Crippen LogP contribution in [0, 0.1) is 0 Å². The summed E-state index contributed by atoms with van der Waals surface area (Å²) in [4.78, 5) is 16.2. The number of aromatic nitrogens is 2. The molecule has 1 aromatic rings. The number of hydrogen-bond donors (Lipinski definition) is 1. The summed E-state index contributed by atoms with van der Waals surface area (Å²) in [6.07, 6.45) is 0. The zero-order valence-electron chi connectivity index (χ0n) is 9.31. The summed E-state index contributed by atoms with van der Waals surface area (Å²) < 4.78 is 2.61. The Hall–Kier alpha value is -1.72. The maximum atomic E-state index is 11.6. The molecule has 6 nitrogen and oxygen atoms in total. The molecule has 0 atom stereocenters. The summed E-state index contributed by atoms with van der Waals surface area (Å²) >= 11 is 0. The van der Waals surface area contributed by atoms with Crippen LogP contribution in [0.4, 0.5) is 0 Å². The fourth-order valence-electron chi connectivity index (χ4n) is 1.51. The molecule has 0 bridgehead atoms. The van der Waals surface area contributed by atoms with Crippen molar-refractivity contribution in [2.75, 3.05) is 7.11 Å². The van der Waals surface area contributed by atoms with E-state index in [1.54, 1.807) is 20.9 Å². The summed E-state index contributed by atoms with van der Waals surface area (Å²) in [7, 11) is 2.99. The van der Waals surface area contributed by atoms with Gasteiger partial charge in [0.15, 0.2) is 0 Å². The third-order valence-electron chi connectivity index (χ3n) is 2.21. The number of rotatable bonds is 3. The minimum atomic E-state index is -0.268. The van der Waals surface area contributed by atoms with E-state index in [9.17, 15) is 9.90 Å². The average molecular weight is 213 g/mol. The number of imidazole rings is 1. The molecule has 0 saturated heterocycles. The Morgan fingerprint density at radius 2 is 2.20 bits per heavy atom. The van der Waals surface area contributed by atoms with Crippen molar-refractivity contribution in [1.29, 1.82) is 0 Å². The van der Waals surface area contributed by atoms with Crippen molar-refractivity contribution in [2.24, 2.45) is 12.2 Å². The normalized spacial score (nSPS) is 11.9. The van der Waals surface area contributed by atoms with Gasteiger partial charge in [-0.2, -0.15) is 0 Å². The molecule has 0 saturated carbocycles. The second kappa shape index (κ2) is 4.20. The van der Waals surface area contributed by atoms with Gasteiger partial charge in [0.1, 0.15) is 18.5 Å². The highest BCUT2D eigenvalue weighted by Crippen LogP contribution is 2.15. The van der Waals surface area contributed by atoms with Gasteiger partial charge < -0.3 is 9.94 Å². The van der Waals surface area contributed by atoms with Gasteiger partial charge in [0.05, 0.1) is 0 Å². The van der Waals surface area contributed by atoms with E-state index in [2.05, 4.69) is 9.99 Å². The molecule has 0 radical (unpaired) electrons. The molecule has 1 rings (SSSR count). The van der Waals surface area contributed by atoms with Crippen LogP contribution >= 0.6 is 0 Å². The van der Waals surface area contributed by atoms with E-state index < -0.39 is 0 Å². The fraction of sp³-hybridized carbons (Fsp3) is 0.556. The van der Waals surface area contributed by atoms with Gasteiger partial charge in [-0.05, 0) is 13.8 Å². The standard InChI is InChI=1S/C9H15N3O3/c1-5-12-8(13)7(6(2)10-15-4)11(3)9(12)14/h13H,5H2,1-4H3. The largest absolute Gasteiger partial charge is 0.493 e. The fourth-order valence-corrected chi connectivity index (χ4v) is 1.51. The summed E-state index contributed by atoms with van der Waals surface area (Å²) in [6.45, 7) is 3.87. The van der Waals surface area contributed by atoms with Gasteiger partial charge in [-0.1, -0.05) is 5.16 Å². The van der Waals surface area contributed by atoms with Crippen molar-refractivity contribution in [3.8, 4) is 5.88 Å². The van der Waals surface area contributed by atoms with E-state index in [1.807, 2.05) is 0 Å². The first kappa shape index (κ1) is 11.4. The molecule has 6 heteroatoms. The lowest BCUT2D eigenvalue weighted by molar-refractivity contribution is 0.213. The van der Waals surface area contributed by atoms with Crippen LogP contribution in [0.5, 0.6) is 5.88 Å². The zero-order chi connectivity index (χ0) is 11.6. The van der Waals surface area contributed by atoms with Crippen LogP contribution in [0.15, 0.2) is 9.95 Å². The van der Waals surface area contributed by atoms with Gasteiger partial charge in [-0.25, -0.2) is 4.79 Å². The third-order valence-corrected chi connectivity index (χ3v) is 2.21. The molecule has 1 heterocycles. The molecule has 0 spiro atoms. The number of oxime groups is 1. The van der Waals surface area contributed by atoms with Crippen molar-refractivity contribution < 1.29 is 9.94 Å². The Morgan fingerprint density at radius 1 is 1.60 bits per heavy atom. The van der Waals surface area contributed by atoms with Crippen LogP contribution in [0.1, 0.15) is 19.5 Å². The van der Waals surface area contributed by atoms with E-state index in [0.29, 0.717) is 18.0 Å². The number of hydrogen-bond acceptors (Lipinski definition) is 4. The molecule has 15 heavy (non-hydrogen) atoms. The molecular formula is C9H15N3O3. The van der Waals surface area contributed by atoms with Crippen LogP contribution < -0.4 is 5.69 Å². The van der Waals surface area contributed by atoms with Crippen LogP contribution in [-0.4, -0.2) is 27.1 Å². The first-order chi connectivity index (χ1) is 7.04. The van der Waals surface area contributed by atoms with E-state index in [1.165, 1.54) is 16.2 Å². The highest BCUT2D eigenvalue weighted by molar-refractivity contribution is 5.98. The Bertz CT molecular complexity index is 442. The van der Waals surface area contributed by atoms with E-state index in [0.717, 1.165) is 0 Å². The number of aromatic hydroxyl groups is 1. The topological polar surface area (TPSA) is 68.8 Å². The maximum absolute atomic E-state index is 11.6. The zero-order valence-corrected chi connectivity index (χ0v) is 9.31. The predicted molar refractivity (Wildman–Crippen MR) is 56.2 cm³/mol. The van der Waals surface area contributed by atoms with Gasteiger partial charge in [0.2, 0.25) is 5.88 Å². The smallest absolute Gasteiger partial charge is 0.331 e. The van der Waals surface area contributed by atoms with Crippen LogP contribution in [0.25, 0.3) is 0 Å². The molecule has 1 aromatic heterocycles. The molecule has 0 aromatic carbocycles. The quantitative estimate of drug-likeness (QED) is 0.579. The van der Waals surface area contributed by atoms with Crippen molar-refractivity contribution in [3.05, 3.63) is 16.2 Å². The summed E-state index contributed by atoms with van der Waals surface area (Å²) in [5, 5.41) is 13.5. The Balaban J connectivity index is 3.44. The summed E-state index contributed by atoms with van der Waals surface area (Å²) in [5.41, 5.74) is 0.571. The summed E-state index contributed by atoms with van der Waals surface area (Å²) in [5.74, 6) is -0.0803. The average Bonchev–Trinajstić information content (AvgIpc) is 2.39. The highest BCUT2D eigenvalue weighted by atomic mass is 16.6. The predicted octanol–water partition coefficient (Wildman–Crippen LogP) is 0.283. The Morgan fingerprint density at radius 3 is 2.60 bits per heavy atom. The maximum Gasteiger partial charge on any atom is 0.331 e. The molecule has 0 unspecified atom stereocenters. The second-order valence-corrected chi connectivity index (χ2v) is 3.12. The molecule has 0 aliphatic rings. The monoisotopic (exact) mass is 213 g/mol. The van der Waals surface area contributed by atoms with Gasteiger partial charge in [-0.3, -0.25) is 9.13 Å². The highest BCUT2D eigenvalue weighted by Gasteiger charge is 2.18. The lowest BCUT2D eigenvalue weighted by Crippen LogP contribution is -2.22. The van der Waals surface area contributed by atoms with Crippen LogP contribution in [-0.2, 0) is 18.4 Å². The molecule has 0 aliphatic heterocycles. The Kier molecular flexibility index (Phi) is 3.18. The molecule has 1 N–H and O–H groups in total. The van der Waals surface area contributed by atoms with E-state index in [4.69, 9.17) is 0 Å². The minimum Gasteiger partial charge on any atom is -0.493 e. The third kappa shape index (κ3) is 1.74. The van der Waals surface area contributed by atoms with Gasteiger partial charge in [0, 0.05) is 13.6 Å². The van der Waals surface area contributed by atoms with Gasteiger partial charge >= 0.3 is 5.69 Å². The van der Waals surface area contributed by atoms with Crippen molar-refractivity contribution in [2.45, 2.75) is 20.4 Å². The van der Waals surface area contributed by atoms with E-state index >= 15 is 0 Å².